The van der Waals surface area contributed by atoms with Crippen molar-refractivity contribution in [2.24, 2.45) is 0 Å². The average Bonchev–Trinajstić information content (AvgIpc) is 2.90. The second kappa shape index (κ2) is 7.68. The molecule has 2 fully saturated rings. The highest BCUT2D eigenvalue weighted by Crippen LogP contribution is 2.33. The van der Waals surface area contributed by atoms with Gasteiger partial charge in [0.25, 0.3) is 11.8 Å². The number of nitrogens with one attached hydrogen (secondary N) is 1. The topological polar surface area (TPSA) is 55.9 Å². The molecule has 0 aromatic heterocycles. The SMILES string of the molecule is C=C(C)C(CCC)N1C(=O)c2ccc(N3CC(N4CCNCC4)C3)cc2C1=O. The van der Waals surface area contributed by atoms with Crippen LogP contribution in [0.15, 0.2) is 30.4 Å². The van der Waals surface area contributed by atoms with Crippen molar-refractivity contribution in [3.05, 3.63) is 41.5 Å². The van der Waals surface area contributed by atoms with Crippen LogP contribution in [0.3, 0.4) is 0 Å². The standard InChI is InChI=1S/C22H30N4O2/c1-4-5-20(15(2)3)26-21(27)18-7-6-16(12-19(18)22(26)28)25-13-17(14-25)24-10-8-23-9-11-24/h6-7,12,17,20,23H,2,4-5,8-11,13-14H2,1,3H3. The Bertz CT molecular complexity index is 794. The van der Waals surface area contributed by atoms with Gasteiger partial charge < -0.3 is 10.2 Å². The molecule has 2 amide bonds. The summed E-state index contributed by atoms with van der Waals surface area (Å²) in [6, 6.07) is 6.08. The molecule has 2 saturated heterocycles. The van der Waals surface area contributed by atoms with E-state index in [1.54, 1.807) is 0 Å². The number of anilines is 1. The number of amides is 2. The van der Waals surface area contributed by atoms with E-state index in [0.717, 1.165) is 63.4 Å². The molecule has 1 aromatic carbocycles. The zero-order chi connectivity index (χ0) is 19.8. The number of benzene rings is 1. The number of carbonyl (C=O) groups is 2. The number of hydrogen-bond acceptors (Lipinski definition) is 5. The molecule has 3 heterocycles. The smallest absolute Gasteiger partial charge is 0.262 e. The molecule has 0 aliphatic carbocycles. The quantitative estimate of drug-likeness (QED) is 0.603. The summed E-state index contributed by atoms with van der Waals surface area (Å²) in [6.45, 7) is 14.2. The van der Waals surface area contributed by atoms with Crippen LogP contribution in [0.4, 0.5) is 5.69 Å². The molecule has 28 heavy (non-hydrogen) atoms. The third-order valence-corrected chi connectivity index (χ3v) is 6.24. The molecule has 1 aromatic rings. The van der Waals surface area contributed by atoms with Crippen molar-refractivity contribution in [1.29, 1.82) is 0 Å². The molecule has 0 saturated carbocycles. The van der Waals surface area contributed by atoms with Crippen molar-refractivity contribution in [3.8, 4) is 0 Å². The van der Waals surface area contributed by atoms with Gasteiger partial charge >= 0.3 is 0 Å². The maximum absolute atomic E-state index is 13.1. The molecular weight excluding hydrogens is 352 g/mol. The molecule has 3 aliphatic heterocycles. The zero-order valence-electron chi connectivity index (χ0n) is 16.9. The number of rotatable bonds is 6. The Hall–Kier alpha value is -2.18. The Labute approximate surface area is 167 Å². The van der Waals surface area contributed by atoms with E-state index in [9.17, 15) is 9.59 Å². The molecular formula is C22H30N4O2. The van der Waals surface area contributed by atoms with Gasteiger partial charge in [-0.15, -0.1) is 0 Å². The van der Waals surface area contributed by atoms with E-state index in [1.165, 1.54) is 4.90 Å². The Kier molecular flexibility index (Phi) is 5.25. The van der Waals surface area contributed by atoms with Gasteiger partial charge in [0, 0.05) is 51.0 Å². The monoisotopic (exact) mass is 382 g/mol. The lowest BCUT2D eigenvalue weighted by Gasteiger charge is -2.48. The van der Waals surface area contributed by atoms with Gasteiger partial charge in [-0.25, -0.2) is 0 Å². The second-order valence-corrected chi connectivity index (χ2v) is 8.21. The number of hydrogen-bond donors (Lipinski definition) is 1. The molecule has 4 rings (SSSR count). The van der Waals surface area contributed by atoms with Crippen LogP contribution in [0.2, 0.25) is 0 Å². The Morgan fingerprint density at radius 2 is 1.86 bits per heavy atom. The lowest BCUT2D eigenvalue weighted by molar-refractivity contribution is 0.0601. The van der Waals surface area contributed by atoms with Gasteiger partial charge in [-0.2, -0.15) is 0 Å². The second-order valence-electron chi connectivity index (χ2n) is 8.21. The Balaban J connectivity index is 1.49. The highest BCUT2D eigenvalue weighted by molar-refractivity contribution is 6.22. The minimum absolute atomic E-state index is 0.178. The van der Waals surface area contributed by atoms with Gasteiger partial charge in [0.1, 0.15) is 0 Å². The minimum Gasteiger partial charge on any atom is -0.368 e. The lowest BCUT2D eigenvalue weighted by atomic mass is 10.0. The highest BCUT2D eigenvalue weighted by Gasteiger charge is 2.41. The van der Waals surface area contributed by atoms with Crippen LogP contribution in [0.1, 0.15) is 47.4 Å². The van der Waals surface area contributed by atoms with Gasteiger partial charge in [0.15, 0.2) is 0 Å². The van der Waals surface area contributed by atoms with E-state index < -0.39 is 0 Å². The van der Waals surface area contributed by atoms with Crippen LogP contribution in [0.25, 0.3) is 0 Å². The molecule has 0 bridgehead atoms. The maximum atomic E-state index is 13.1. The van der Waals surface area contributed by atoms with Crippen molar-refractivity contribution in [2.75, 3.05) is 44.2 Å². The molecule has 150 valence electrons. The number of fused-ring (bicyclic) bond motifs is 1. The zero-order valence-corrected chi connectivity index (χ0v) is 16.9. The first kappa shape index (κ1) is 19.2. The van der Waals surface area contributed by atoms with E-state index in [-0.39, 0.29) is 17.9 Å². The maximum Gasteiger partial charge on any atom is 0.262 e. The van der Waals surface area contributed by atoms with Gasteiger partial charge in [0.2, 0.25) is 0 Å². The van der Waals surface area contributed by atoms with Crippen molar-refractivity contribution in [3.63, 3.8) is 0 Å². The summed E-state index contributed by atoms with van der Waals surface area (Å²) in [5.74, 6) is -0.363. The van der Waals surface area contributed by atoms with Crippen LogP contribution in [-0.4, -0.2) is 73.0 Å². The molecule has 1 atom stereocenters. The molecule has 6 heteroatoms. The predicted octanol–water partition coefficient (Wildman–Crippen LogP) is 2.12. The molecule has 0 spiro atoms. The van der Waals surface area contributed by atoms with Crippen LogP contribution in [0.5, 0.6) is 0 Å². The van der Waals surface area contributed by atoms with Crippen LogP contribution in [-0.2, 0) is 0 Å². The largest absolute Gasteiger partial charge is 0.368 e. The van der Waals surface area contributed by atoms with Crippen molar-refractivity contribution >= 4 is 17.5 Å². The van der Waals surface area contributed by atoms with E-state index >= 15 is 0 Å². The molecule has 0 radical (unpaired) electrons. The van der Waals surface area contributed by atoms with Crippen LogP contribution < -0.4 is 10.2 Å². The molecule has 3 aliphatic rings. The number of imide groups is 1. The van der Waals surface area contributed by atoms with Crippen molar-refractivity contribution in [2.45, 2.75) is 38.8 Å². The molecule has 6 nitrogen and oxygen atoms in total. The first-order chi connectivity index (χ1) is 13.5. The predicted molar refractivity (Wildman–Crippen MR) is 111 cm³/mol. The Morgan fingerprint density at radius 1 is 1.18 bits per heavy atom. The Morgan fingerprint density at radius 3 is 2.50 bits per heavy atom. The number of carbonyl (C=O) groups excluding carboxylic acids is 2. The van der Waals surface area contributed by atoms with Gasteiger partial charge in [0.05, 0.1) is 17.2 Å². The molecule has 1 unspecified atom stereocenters. The molecule has 1 N–H and O–H groups in total. The minimum atomic E-state index is -0.220. The fourth-order valence-corrected chi connectivity index (χ4v) is 4.54. The van der Waals surface area contributed by atoms with Crippen LogP contribution in [0, 0.1) is 0 Å². The normalized spacial score (nSPS) is 21.6. The summed E-state index contributed by atoms with van der Waals surface area (Å²) in [5.41, 5.74) is 2.96. The first-order valence-corrected chi connectivity index (χ1v) is 10.4. The van der Waals surface area contributed by atoms with E-state index in [1.807, 2.05) is 25.1 Å². The summed E-state index contributed by atoms with van der Waals surface area (Å²) >= 11 is 0. The fraction of sp³-hybridized carbons (Fsp3) is 0.545. The summed E-state index contributed by atoms with van der Waals surface area (Å²) in [7, 11) is 0. The first-order valence-electron chi connectivity index (χ1n) is 10.4. The lowest BCUT2D eigenvalue weighted by Crippen LogP contribution is -2.62. The van der Waals surface area contributed by atoms with E-state index in [0.29, 0.717) is 17.2 Å². The van der Waals surface area contributed by atoms with E-state index in [4.69, 9.17) is 0 Å². The summed E-state index contributed by atoms with van der Waals surface area (Å²) in [6.07, 6.45) is 1.66. The van der Waals surface area contributed by atoms with Gasteiger partial charge in [-0.3, -0.25) is 19.4 Å². The summed E-state index contributed by atoms with van der Waals surface area (Å²) < 4.78 is 0. The number of nitrogens with zero attached hydrogens (tertiary/aromatic N) is 3. The number of piperazine rings is 1. The van der Waals surface area contributed by atoms with Crippen LogP contribution >= 0.6 is 0 Å². The van der Waals surface area contributed by atoms with E-state index in [2.05, 4.69) is 28.6 Å². The fourth-order valence-electron chi connectivity index (χ4n) is 4.54. The highest BCUT2D eigenvalue weighted by atomic mass is 16.2. The summed E-state index contributed by atoms with van der Waals surface area (Å²) in [5, 5.41) is 3.39. The van der Waals surface area contributed by atoms with Crippen molar-refractivity contribution < 1.29 is 9.59 Å². The third-order valence-electron chi connectivity index (χ3n) is 6.24. The average molecular weight is 383 g/mol. The van der Waals surface area contributed by atoms with Gasteiger partial charge in [-0.1, -0.05) is 25.5 Å². The summed E-state index contributed by atoms with van der Waals surface area (Å²) in [4.78, 5) is 32.2. The van der Waals surface area contributed by atoms with Crippen molar-refractivity contribution in [1.82, 2.24) is 15.1 Å². The third kappa shape index (κ3) is 3.25. The van der Waals surface area contributed by atoms with Gasteiger partial charge in [-0.05, 0) is 31.5 Å².